The molecule has 3 rings (SSSR count). The lowest BCUT2D eigenvalue weighted by molar-refractivity contribution is -0.127. The molecule has 0 aliphatic rings. The molecule has 0 bridgehead atoms. The molecule has 3 aromatic rings. The van der Waals surface area contributed by atoms with Gasteiger partial charge in [-0.15, -0.1) is 10.2 Å². The van der Waals surface area contributed by atoms with Gasteiger partial charge >= 0.3 is 0 Å². The standard InChI is InChI=1S/C20H21ClN4O2S/c1-24(2)17-9-7-14(8-10-17)12-25(3)18(26)13-28-20-23-22-19(27-20)15-5-4-6-16(21)11-15/h4-11H,12-13H2,1-3H3. The van der Waals surface area contributed by atoms with Gasteiger partial charge in [0.2, 0.25) is 11.8 Å². The molecule has 0 radical (unpaired) electrons. The van der Waals surface area contributed by atoms with E-state index in [-0.39, 0.29) is 11.7 Å². The van der Waals surface area contributed by atoms with Crippen LogP contribution < -0.4 is 4.90 Å². The lowest BCUT2D eigenvalue weighted by Gasteiger charge is -2.18. The number of carbonyl (C=O) groups is 1. The average molecular weight is 417 g/mol. The lowest BCUT2D eigenvalue weighted by atomic mass is 10.2. The summed E-state index contributed by atoms with van der Waals surface area (Å²) < 4.78 is 5.62. The Hall–Kier alpha value is -2.51. The van der Waals surface area contributed by atoms with E-state index >= 15 is 0 Å². The molecular formula is C20H21ClN4O2S. The van der Waals surface area contributed by atoms with E-state index in [1.807, 2.05) is 55.4 Å². The predicted molar refractivity (Wildman–Crippen MR) is 113 cm³/mol. The molecule has 0 saturated heterocycles. The third-order valence-electron chi connectivity index (χ3n) is 4.10. The number of thioether (sulfide) groups is 1. The molecule has 0 fully saturated rings. The Balaban J connectivity index is 1.53. The first-order chi connectivity index (χ1) is 13.4. The molecule has 0 aliphatic carbocycles. The molecule has 0 unspecified atom stereocenters. The molecule has 0 spiro atoms. The van der Waals surface area contributed by atoms with Crippen LogP contribution in [0.4, 0.5) is 5.69 Å². The number of nitrogens with zero attached hydrogens (tertiary/aromatic N) is 4. The Labute approximate surface area is 173 Å². The molecule has 6 nitrogen and oxygen atoms in total. The van der Waals surface area contributed by atoms with Crippen molar-refractivity contribution in [3.63, 3.8) is 0 Å². The molecule has 0 aliphatic heterocycles. The molecule has 1 heterocycles. The van der Waals surface area contributed by atoms with Crippen molar-refractivity contribution in [1.82, 2.24) is 15.1 Å². The van der Waals surface area contributed by atoms with Crippen LogP contribution in [-0.2, 0) is 11.3 Å². The highest BCUT2D eigenvalue weighted by Crippen LogP contribution is 2.25. The van der Waals surface area contributed by atoms with E-state index < -0.39 is 0 Å². The first-order valence-electron chi connectivity index (χ1n) is 8.65. The largest absolute Gasteiger partial charge is 0.411 e. The summed E-state index contributed by atoms with van der Waals surface area (Å²) in [5.74, 6) is 0.597. The highest BCUT2D eigenvalue weighted by atomic mass is 35.5. The fourth-order valence-corrected chi connectivity index (χ4v) is 3.40. The van der Waals surface area contributed by atoms with E-state index in [1.54, 1.807) is 24.1 Å². The van der Waals surface area contributed by atoms with Crippen LogP contribution in [-0.4, -0.2) is 47.9 Å². The number of rotatable bonds is 7. The normalized spacial score (nSPS) is 10.7. The van der Waals surface area contributed by atoms with E-state index in [9.17, 15) is 4.79 Å². The summed E-state index contributed by atoms with van der Waals surface area (Å²) in [5, 5.41) is 8.96. The quantitative estimate of drug-likeness (QED) is 0.538. The second-order valence-electron chi connectivity index (χ2n) is 6.48. The van der Waals surface area contributed by atoms with Crippen molar-refractivity contribution < 1.29 is 9.21 Å². The molecule has 2 aromatic carbocycles. The SMILES string of the molecule is CN(Cc1ccc(N(C)C)cc1)C(=O)CSc1nnc(-c2cccc(Cl)c2)o1. The number of benzene rings is 2. The van der Waals surface area contributed by atoms with Crippen LogP contribution in [0.15, 0.2) is 58.2 Å². The Morgan fingerprint density at radius 2 is 1.86 bits per heavy atom. The number of halogens is 1. The van der Waals surface area contributed by atoms with Gasteiger partial charge in [-0.05, 0) is 35.9 Å². The second kappa shape index (κ2) is 9.12. The third kappa shape index (κ3) is 5.27. The fourth-order valence-electron chi connectivity index (χ4n) is 2.50. The highest BCUT2D eigenvalue weighted by Gasteiger charge is 2.14. The van der Waals surface area contributed by atoms with Crippen molar-refractivity contribution in [2.24, 2.45) is 0 Å². The smallest absolute Gasteiger partial charge is 0.277 e. The molecule has 0 atom stereocenters. The van der Waals surface area contributed by atoms with Crippen LogP contribution in [0.5, 0.6) is 0 Å². The number of carbonyl (C=O) groups excluding carboxylic acids is 1. The molecule has 28 heavy (non-hydrogen) atoms. The maximum Gasteiger partial charge on any atom is 0.277 e. The van der Waals surface area contributed by atoms with Crippen molar-refractivity contribution in [2.45, 2.75) is 11.8 Å². The first-order valence-corrected chi connectivity index (χ1v) is 10.0. The molecule has 8 heteroatoms. The summed E-state index contributed by atoms with van der Waals surface area (Å²) in [5.41, 5.74) is 2.95. The second-order valence-corrected chi connectivity index (χ2v) is 7.85. The van der Waals surface area contributed by atoms with Gasteiger partial charge in [0.25, 0.3) is 5.22 Å². The minimum atomic E-state index is -0.0100. The Kier molecular flexibility index (Phi) is 6.59. The van der Waals surface area contributed by atoms with Gasteiger partial charge in [0.05, 0.1) is 5.75 Å². The third-order valence-corrected chi connectivity index (χ3v) is 5.13. The topological polar surface area (TPSA) is 62.5 Å². The minimum absolute atomic E-state index is 0.0100. The first kappa shape index (κ1) is 20.2. The van der Waals surface area contributed by atoms with Crippen molar-refractivity contribution in [1.29, 1.82) is 0 Å². The van der Waals surface area contributed by atoms with E-state index in [2.05, 4.69) is 10.2 Å². The van der Waals surface area contributed by atoms with Gasteiger partial charge in [0, 0.05) is 44.0 Å². The zero-order valence-electron chi connectivity index (χ0n) is 15.9. The van der Waals surface area contributed by atoms with Crippen molar-refractivity contribution in [3.05, 3.63) is 59.1 Å². The number of hydrogen-bond acceptors (Lipinski definition) is 6. The Morgan fingerprint density at radius 3 is 2.54 bits per heavy atom. The van der Waals surface area contributed by atoms with E-state index in [1.165, 1.54) is 11.8 Å². The van der Waals surface area contributed by atoms with Crippen LogP contribution in [0.25, 0.3) is 11.5 Å². The molecule has 146 valence electrons. The Bertz CT molecular complexity index is 943. The summed E-state index contributed by atoms with van der Waals surface area (Å²) in [6.45, 7) is 0.546. The van der Waals surface area contributed by atoms with Gasteiger partial charge in [-0.25, -0.2) is 0 Å². The fraction of sp³-hybridized carbons (Fsp3) is 0.250. The van der Waals surface area contributed by atoms with E-state index in [4.69, 9.17) is 16.0 Å². The maximum atomic E-state index is 12.4. The lowest BCUT2D eigenvalue weighted by Crippen LogP contribution is -2.27. The molecule has 0 N–H and O–H groups in total. The number of aromatic nitrogens is 2. The molecular weight excluding hydrogens is 396 g/mol. The zero-order chi connectivity index (χ0) is 20.1. The van der Waals surface area contributed by atoms with Gasteiger partial charge in [0.15, 0.2) is 0 Å². The minimum Gasteiger partial charge on any atom is -0.411 e. The summed E-state index contributed by atoms with van der Waals surface area (Å²) in [7, 11) is 5.78. The summed E-state index contributed by atoms with van der Waals surface area (Å²) in [6.07, 6.45) is 0. The predicted octanol–water partition coefficient (Wildman–Crippen LogP) is 4.21. The van der Waals surface area contributed by atoms with Gasteiger partial charge in [-0.1, -0.05) is 41.6 Å². The van der Waals surface area contributed by atoms with Crippen LogP contribution in [0.1, 0.15) is 5.56 Å². The molecule has 0 saturated carbocycles. The number of amides is 1. The number of anilines is 1. The van der Waals surface area contributed by atoms with Gasteiger partial charge in [-0.2, -0.15) is 0 Å². The van der Waals surface area contributed by atoms with E-state index in [0.29, 0.717) is 22.7 Å². The monoisotopic (exact) mass is 416 g/mol. The van der Waals surface area contributed by atoms with Crippen LogP contribution in [0.2, 0.25) is 5.02 Å². The summed E-state index contributed by atoms with van der Waals surface area (Å²) in [6, 6.07) is 15.3. The van der Waals surface area contributed by atoms with Crippen LogP contribution in [0, 0.1) is 0 Å². The summed E-state index contributed by atoms with van der Waals surface area (Å²) >= 11 is 7.20. The van der Waals surface area contributed by atoms with Crippen LogP contribution in [0.3, 0.4) is 0 Å². The van der Waals surface area contributed by atoms with Gasteiger partial charge < -0.3 is 14.2 Å². The van der Waals surface area contributed by atoms with Gasteiger partial charge in [0.1, 0.15) is 0 Å². The van der Waals surface area contributed by atoms with E-state index in [0.717, 1.165) is 16.8 Å². The van der Waals surface area contributed by atoms with Crippen molar-refractivity contribution in [2.75, 3.05) is 31.8 Å². The van der Waals surface area contributed by atoms with Gasteiger partial charge in [-0.3, -0.25) is 4.79 Å². The molecule has 1 amide bonds. The van der Waals surface area contributed by atoms with Crippen LogP contribution >= 0.6 is 23.4 Å². The zero-order valence-corrected chi connectivity index (χ0v) is 17.5. The van der Waals surface area contributed by atoms with Crippen molar-refractivity contribution in [3.8, 4) is 11.5 Å². The Morgan fingerprint density at radius 1 is 1.11 bits per heavy atom. The number of hydrogen-bond donors (Lipinski definition) is 0. The molecule has 1 aromatic heterocycles. The van der Waals surface area contributed by atoms with Crippen molar-refractivity contribution >= 4 is 35.0 Å². The highest BCUT2D eigenvalue weighted by molar-refractivity contribution is 7.99. The summed E-state index contributed by atoms with van der Waals surface area (Å²) in [4.78, 5) is 16.1. The average Bonchev–Trinajstić information content (AvgIpc) is 3.15. The maximum absolute atomic E-state index is 12.4.